The Labute approximate surface area is 138 Å². The number of fused-ring (bicyclic) bond motifs is 1. The zero-order valence-corrected chi connectivity index (χ0v) is 13.6. The second kappa shape index (κ2) is 6.01. The van der Waals surface area contributed by atoms with Crippen molar-refractivity contribution in [1.82, 2.24) is 9.03 Å². The molecule has 1 aromatic carbocycles. The highest BCUT2D eigenvalue weighted by molar-refractivity contribution is 7.97. The Kier molecular flexibility index (Phi) is 4.05. The number of sulfonamides is 1. The second-order valence-electron chi connectivity index (χ2n) is 4.58. The van der Waals surface area contributed by atoms with Gasteiger partial charge in [-0.1, -0.05) is 12.1 Å². The van der Waals surface area contributed by atoms with Crippen molar-refractivity contribution in [1.29, 1.82) is 0 Å². The Balaban J connectivity index is 1.95. The van der Waals surface area contributed by atoms with Crippen LogP contribution in [0.5, 0.6) is 0 Å². The number of para-hydroxylation sites is 1. The van der Waals surface area contributed by atoms with Gasteiger partial charge in [0.05, 0.1) is 36.2 Å². The summed E-state index contributed by atoms with van der Waals surface area (Å²) in [7, 11) is -2.62. The Morgan fingerprint density at radius 1 is 1.35 bits per heavy atom. The van der Waals surface area contributed by atoms with E-state index in [1.165, 1.54) is 37.5 Å². The molecule has 0 atom stereocenters. The Bertz CT molecular complexity index is 843. The number of carbonyl (C=O) groups excluding carboxylic acids is 1. The van der Waals surface area contributed by atoms with Crippen molar-refractivity contribution in [2.24, 2.45) is 0 Å². The fraction of sp³-hybridized carbons (Fsp3) is 0.0714. The molecule has 2 aliphatic heterocycles. The van der Waals surface area contributed by atoms with E-state index in [1.807, 2.05) is 0 Å². The Hall–Kier alpha value is -2.39. The van der Waals surface area contributed by atoms with Gasteiger partial charge in [0.1, 0.15) is 4.91 Å². The van der Waals surface area contributed by atoms with Gasteiger partial charge in [-0.3, -0.25) is 9.03 Å². The monoisotopic (exact) mass is 351 g/mol. The summed E-state index contributed by atoms with van der Waals surface area (Å²) < 4.78 is 37.1. The number of nitrogens with one attached hydrogen (secondary N) is 2. The molecule has 120 valence electrons. The van der Waals surface area contributed by atoms with Crippen LogP contribution >= 0.6 is 12.1 Å². The fourth-order valence-corrected chi connectivity index (χ4v) is 4.11. The first kappa shape index (κ1) is 15.5. The minimum absolute atomic E-state index is 0.108. The van der Waals surface area contributed by atoms with Crippen LogP contribution in [0.4, 0.5) is 5.69 Å². The van der Waals surface area contributed by atoms with Crippen LogP contribution in [0, 0.1) is 0 Å². The molecular formula is C14H13N3O4S2. The van der Waals surface area contributed by atoms with Crippen LogP contribution in [0.25, 0.3) is 0 Å². The molecular weight excluding hydrogens is 338 g/mol. The van der Waals surface area contributed by atoms with Crippen molar-refractivity contribution < 1.29 is 17.9 Å². The van der Waals surface area contributed by atoms with Gasteiger partial charge in [0.25, 0.3) is 10.0 Å². The molecule has 0 radical (unpaired) electrons. The number of methoxy groups -OCH3 is 1. The molecule has 23 heavy (non-hydrogen) atoms. The summed E-state index contributed by atoms with van der Waals surface area (Å²) in [6, 6.07) is 6.28. The summed E-state index contributed by atoms with van der Waals surface area (Å²) in [6.45, 7) is 0. The van der Waals surface area contributed by atoms with E-state index in [9.17, 15) is 13.2 Å². The van der Waals surface area contributed by atoms with Crippen LogP contribution in [0.1, 0.15) is 10.4 Å². The first-order valence-electron chi connectivity index (χ1n) is 6.54. The zero-order chi connectivity index (χ0) is 16.4. The summed E-state index contributed by atoms with van der Waals surface area (Å²) >= 11 is 1.26. The van der Waals surface area contributed by atoms with E-state index >= 15 is 0 Å². The van der Waals surface area contributed by atoms with Crippen molar-refractivity contribution >= 4 is 33.8 Å². The van der Waals surface area contributed by atoms with Gasteiger partial charge in [0.2, 0.25) is 0 Å². The number of esters is 1. The minimum atomic E-state index is -3.87. The lowest BCUT2D eigenvalue weighted by Crippen LogP contribution is -2.22. The second-order valence-corrected chi connectivity index (χ2v) is 7.04. The van der Waals surface area contributed by atoms with Crippen LogP contribution in [-0.2, 0) is 14.8 Å². The smallest absolute Gasteiger partial charge is 0.339 e. The van der Waals surface area contributed by atoms with Gasteiger partial charge in [0.15, 0.2) is 0 Å². The largest absolute Gasteiger partial charge is 0.465 e. The third kappa shape index (κ3) is 2.92. The molecule has 0 aromatic heterocycles. The molecule has 0 bridgehead atoms. The van der Waals surface area contributed by atoms with Gasteiger partial charge >= 0.3 is 5.97 Å². The molecule has 7 nitrogen and oxygen atoms in total. The maximum atomic E-state index is 12.7. The van der Waals surface area contributed by atoms with Gasteiger partial charge in [-0.15, -0.1) is 0 Å². The Morgan fingerprint density at radius 3 is 2.91 bits per heavy atom. The molecule has 2 N–H and O–H groups in total. The standard InChI is InChI=1S/C14H13N3O4S2/c1-21-14(18)10-5-2-3-6-11(10)16-23(19,20)13-7-4-8-17-12(13)9-15-22-17/h2-9,15-16H,1H3. The summed E-state index contributed by atoms with van der Waals surface area (Å²) in [5, 5.41) is 0. The third-order valence-corrected chi connectivity index (χ3v) is 5.32. The first-order chi connectivity index (χ1) is 11.0. The van der Waals surface area contributed by atoms with E-state index < -0.39 is 16.0 Å². The van der Waals surface area contributed by atoms with E-state index in [1.54, 1.807) is 34.9 Å². The number of benzene rings is 1. The normalized spacial score (nSPS) is 16.1. The third-order valence-electron chi connectivity index (χ3n) is 3.17. The summed E-state index contributed by atoms with van der Waals surface area (Å²) in [5.41, 5.74) is 0.830. The molecule has 0 amide bonds. The zero-order valence-electron chi connectivity index (χ0n) is 12.0. The van der Waals surface area contributed by atoms with E-state index in [-0.39, 0.29) is 16.2 Å². The first-order valence-corrected chi connectivity index (χ1v) is 8.79. The maximum Gasteiger partial charge on any atom is 0.339 e. The Morgan fingerprint density at radius 2 is 2.13 bits per heavy atom. The fourth-order valence-electron chi connectivity index (χ4n) is 2.12. The minimum Gasteiger partial charge on any atom is -0.465 e. The van der Waals surface area contributed by atoms with E-state index in [4.69, 9.17) is 0 Å². The number of carbonyl (C=O) groups is 1. The molecule has 3 rings (SSSR count). The molecule has 0 fully saturated rings. The van der Waals surface area contributed by atoms with Gasteiger partial charge in [0, 0.05) is 12.4 Å². The van der Waals surface area contributed by atoms with E-state index in [2.05, 4.69) is 14.2 Å². The number of anilines is 1. The van der Waals surface area contributed by atoms with Gasteiger partial charge in [-0.25, -0.2) is 13.2 Å². The van der Waals surface area contributed by atoms with Crippen molar-refractivity contribution in [3.8, 4) is 0 Å². The lowest BCUT2D eigenvalue weighted by molar-refractivity contribution is 0.0602. The topological polar surface area (TPSA) is 87.7 Å². The highest BCUT2D eigenvalue weighted by Gasteiger charge is 2.30. The number of rotatable bonds is 4. The summed E-state index contributed by atoms with van der Waals surface area (Å²) in [5.74, 6) is -0.611. The number of hydrogen-bond acceptors (Lipinski definition) is 7. The maximum absolute atomic E-state index is 12.7. The quantitative estimate of drug-likeness (QED) is 0.633. The predicted molar refractivity (Wildman–Crippen MR) is 88.2 cm³/mol. The lowest BCUT2D eigenvalue weighted by atomic mass is 10.2. The van der Waals surface area contributed by atoms with Crippen LogP contribution in [0.15, 0.2) is 59.4 Å². The molecule has 0 spiro atoms. The van der Waals surface area contributed by atoms with Crippen LogP contribution in [0.2, 0.25) is 0 Å². The van der Waals surface area contributed by atoms with Crippen molar-refractivity contribution in [3.05, 3.63) is 65.0 Å². The number of allylic oxidation sites excluding steroid dienone is 2. The van der Waals surface area contributed by atoms with Crippen molar-refractivity contribution in [3.63, 3.8) is 0 Å². The highest BCUT2D eigenvalue weighted by Crippen LogP contribution is 2.34. The summed E-state index contributed by atoms with van der Waals surface area (Å²) in [6.07, 6.45) is 6.49. The van der Waals surface area contributed by atoms with Crippen LogP contribution in [0.3, 0.4) is 0 Å². The van der Waals surface area contributed by atoms with E-state index in [0.29, 0.717) is 5.70 Å². The van der Waals surface area contributed by atoms with Crippen LogP contribution < -0.4 is 9.44 Å². The molecule has 2 aliphatic rings. The number of ether oxygens (including phenoxy) is 1. The molecule has 2 heterocycles. The van der Waals surface area contributed by atoms with Gasteiger partial charge in [-0.2, -0.15) is 0 Å². The molecule has 0 unspecified atom stereocenters. The molecule has 0 aliphatic carbocycles. The van der Waals surface area contributed by atoms with Crippen molar-refractivity contribution in [2.75, 3.05) is 11.8 Å². The molecule has 0 saturated heterocycles. The molecule has 9 heteroatoms. The summed E-state index contributed by atoms with van der Waals surface area (Å²) in [4.78, 5) is 11.9. The number of hydrogen-bond donors (Lipinski definition) is 2. The SMILES string of the molecule is COC(=O)c1ccccc1NS(=O)(=O)C1=CC=CN2SNC=C12. The van der Waals surface area contributed by atoms with E-state index in [0.717, 1.165) is 0 Å². The molecule has 1 aromatic rings. The average Bonchev–Trinajstić information content (AvgIpc) is 3.02. The average molecular weight is 351 g/mol. The van der Waals surface area contributed by atoms with Crippen LogP contribution in [-0.4, -0.2) is 25.8 Å². The van der Waals surface area contributed by atoms with Gasteiger partial charge in [-0.05, 0) is 24.3 Å². The predicted octanol–water partition coefficient (Wildman–Crippen LogP) is 1.94. The highest BCUT2D eigenvalue weighted by atomic mass is 32.2. The van der Waals surface area contributed by atoms with Crippen molar-refractivity contribution in [2.45, 2.75) is 0 Å². The lowest BCUT2D eigenvalue weighted by Gasteiger charge is -2.21. The number of nitrogens with zero attached hydrogens (tertiary/aromatic N) is 1. The molecule has 0 saturated carbocycles. The van der Waals surface area contributed by atoms with Gasteiger partial charge < -0.3 is 9.46 Å².